The number of halogens is 2. The lowest BCUT2D eigenvalue weighted by molar-refractivity contribution is 0.621. The molecule has 3 rings (SSSR count). The van der Waals surface area contributed by atoms with Crippen molar-refractivity contribution in [2.24, 2.45) is 0 Å². The van der Waals surface area contributed by atoms with E-state index in [2.05, 4.69) is 25.9 Å². The number of aromatic nitrogens is 3. The molecule has 1 aromatic carbocycles. The predicted molar refractivity (Wildman–Crippen MR) is 82.5 cm³/mol. The van der Waals surface area contributed by atoms with Crippen molar-refractivity contribution < 1.29 is 4.39 Å². The van der Waals surface area contributed by atoms with E-state index in [1.54, 1.807) is 24.7 Å². The second-order valence-electron chi connectivity index (χ2n) is 4.78. The zero-order valence-corrected chi connectivity index (χ0v) is 12.8. The van der Waals surface area contributed by atoms with Gasteiger partial charge in [-0.1, -0.05) is 15.9 Å². The van der Waals surface area contributed by atoms with E-state index in [0.29, 0.717) is 6.54 Å². The molecule has 0 amide bonds. The van der Waals surface area contributed by atoms with E-state index in [4.69, 9.17) is 0 Å². The Bertz CT molecular complexity index is 720. The quantitative estimate of drug-likeness (QED) is 0.719. The van der Waals surface area contributed by atoms with Crippen molar-refractivity contribution in [2.45, 2.75) is 13.0 Å². The molecule has 0 radical (unpaired) electrons. The smallest absolute Gasteiger partial charge is 0.124 e. The van der Waals surface area contributed by atoms with E-state index >= 15 is 0 Å². The third-order valence-corrected chi connectivity index (χ3v) is 3.65. The summed E-state index contributed by atoms with van der Waals surface area (Å²) in [5.41, 5.74) is 2.05. The van der Waals surface area contributed by atoms with Gasteiger partial charge in [0, 0.05) is 42.2 Å². The number of benzene rings is 1. The van der Waals surface area contributed by atoms with Crippen LogP contribution in [0.5, 0.6) is 0 Å². The molecule has 3 nitrogen and oxygen atoms in total. The Morgan fingerprint density at radius 2 is 1.86 bits per heavy atom. The molecular formula is C16H13BrFN3. The SMILES string of the molecule is Fc1cc(Br)cc(Cn2ccnc2Cc2ccncc2)c1. The Morgan fingerprint density at radius 3 is 2.62 bits per heavy atom. The van der Waals surface area contributed by atoms with Crippen LogP contribution < -0.4 is 0 Å². The van der Waals surface area contributed by atoms with E-state index in [1.807, 2.05) is 29.0 Å². The first kappa shape index (κ1) is 13.9. The summed E-state index contributed by atoms with van der Waals surface area (Å²) in [4.78, 5) is 8.40. The Labute approximate surface area is 130 Å². The van der Waals surface area contributed by atoms with Gasteiger partial charge >= 0.3 is 0 Å². The zero-order chi connectivity index (χ0) is 14.7. The van der Waals surface area contributed by atoms with Gasteiger partial charge in [0.15, 0.2) is 0 Å². The first-order valence-corrected chi connectivity index (χ1v) is 7.34. The molecule has 0 saturated heterocycles. The van der Waals surface area contributed by atoms with Gasteiger partial charge in [0.2, 0.25) is 0 Å². The maximum absolute atomic E-state index is 13.4. The molecule has 0 unspecified atom stereocenters. The first-order chi connectivity index (χ1) is 10.2. The first-order valence-electron chi connectivity index (χ1n) is 6.54. The average molecular weight is 346 g/mol. The molecule has 2 aromatic heterocycles. The van der Waals surface area contributed by atoms with Gasteiger partial charge in [0.1, 0.15) is 11.6 Å². The molecule has 0 aliphatic carbocycles. The van der Waals surface area contributed by atoms with E-state index < -0.39 is 0 Å². The van der Waals surface area contributed by atoms with Gasteiger partial charge in [-0.3, -0.25) is 4.98 Å². The molecule has 0 N–H and O–H groups in total. The monoisotopic (exact) mass is 345 g/mol. The lowest BCUT2D eigenvalue weighted by Gasteiger charge is -2.09. The van der Waals surface area contributed by atoms with Gasteiger partial charge in [-0.25, -0.2) is 9.37 Å². The maximum Gasteiger partial charge on any atom is 0.124 e. The van der Waals surface area contributed by atoms with Crippen LogP contribution in [0.4, 0.5) is 4.39 Å². The molecular weight excluding hydrogens is 333 g/mol. The molecule has 0 fully saturated rings. The topological polar surface area (TPSA) is 30.7 Å². The van der Waals surface area contributed by atoms with Crippen molar-refractivity contribution in [2.75, 3.05) is 0 Å². The number of rotatable bonds is 4. The van der Waals surface area contributed by atoms with Crippen LogP contribution in [0.2, 0.25) is 0 Å². The van der Waals surface area contributed by atoms with E-state index in [1.165, 1.54) is 6.07 Å². The van der Waals surface area contributed by atoms with Gasteiger partial charge in [0.25, 0.3) is 0 Å². The van der Waals surface area contributed by atoms with Crippen LogP contribution in [0.15, 0.2) is 59.6 Å². The molecule has 0 atom stereocenters. The van der Waals surface area contributed by atoms with Crippen molar-refractivity contribution in [3.05, 3.63) is 82.4 Å². The number of hydrogen-bond acceptors (Lipinski definition) is 2. The molecule has 0 saturated carbocycles. The van der Waals surface area contributed by atoms with E-state index in [0.717, 1.165) is 27.8 Å². The molecule has 21 heavy (non-hydrogen) atoms. The Hall–Kier alpha value is -2.01. The standard InChI is InChI=1S/C16H13BrFN3/c17-14-7-13(8-15(18)10-14)11-21-6-5-20-16(21)9-12-1-3-19-4-2-12/h1-8,10H,9,11H2. The molecule has 3 aromatic rings. The lowest BCUT2D eigenvalue weighted by atomic mass is 10.2. The third kappa shape index (κ3) is 3.55. The minimum absolute atomic E-state index is 0.241. The summed E-state index contributed by atoms with van der Waals surface area (Å²) in [5, 5.41) is 0. The van der Waals surface area contributed by atoms with E-state index in [9.17, 15) is 4.39 Å². The van der Waals surface area contributed by atoms with Crippen LogP contribution in [-0.4, -0.2) is 14.5 Å². The molecule has 0 aliphatic rings. The van der Waals surface area contributed by atoms with Crippen LogP contribution in [0.25, 0.3) is 0 Å². The van der Waals surface area contributed by atoms with Crippen LogP contribution >= 0.6 is 15.9 Å². The average Bonchev–Trinajstić information content (AvgIpc) is 2.86. The second kappa shape index (κ2) is 6.18. The Balaban J connectivity index is 1.82. The van der Waals surface area contributed by atoms with E-state index in [-0.39, 0.29) is 5.82 Å². The molecule has 0 spiro atoms. The van der Waals surface area contributed by atoms with Crippen LogP contribution in [-0.2, 0) is 13.0 Å². The van der Waals surface area contributed by atoms with Crippen molar-refractivity contribution in [1.29, 1.82) is 0 Å². The minimum Gasteiger partial charge on any atom is -0.330 e. The van der Waals surface area contributed by atoms with Gasteiger partial charge < -0.3 is 4.57 Å². The summed E-state index contributed by atoms with van der Waals surface area (Å²) >= 11 is 3.32. The highest BCUT2D eigenvalue weighted by Gasteiger charge is 2.06. The van der Waals surface area contributed by atoms with Crippen LogP contribution in [0.3, 0.4) is 0 Å². The van der Waals surface area contributed by atoms with Gasteiger partial charge in [-0.2, -0.15) is 0 Å². The second-order valence-corrected chi connectivity index (χ2v) is 5.70. The maximum atomic E-state index is 13.4. The predicted octanol–water partition coefficient (Wildman–Crippen LogP) is 3.82. The highest BCUT2D eigenvalue weighted by atomic mass is 79.9. The van der Waals surface area contributed by atoms with Crippen LogP contribution in [0, 0.1) is 5.82 Å². The summed E-state index contributed by atoms with van der Waals surface area (Å²) in [5.74, 6) is 0.705. The summed E-state index contributed by atoms with van der Waals surface area (Å²) in [6.07, 6.45) is 7.95. The fraction of sp³-hybridized carbons (Fsp3) is 0.125. The molecule has 5 heteroatoms. The van der Waals surface area contributed by atoms with Crippen molar-refractivity contribution >= 4 is 15.9 Å². The number of imidazole rings is 1. The Morgan fingerprint density at radius 1 is 1.05 bits per heavy atom. The van der Waals surface area contributed by atoms with Gasteiger partial charge in [-0.05, 0) is 41.5 Å². The number of hydrogen-bond donors (Lipinski definition) is 0. The zero-order valence-electron chi connectivity index (χ0n) is 11.2. The van der Waals surface area contributed by atoms with Gasteiger partial charge in [-0.15, -0.1) is 0 Å². The summed E-state index contributed by atoms with van der Waals surface area (Å²) in [7, 11) is 0. The largest absolute Gasteiger partial charge is 0.330 e. The molecule has 0 aliphatic heterocycles. The highest BCUT2D eigenvalue weighted by Crippen LogP contribution is 2.17. The fourth-order valence-electron chi connectivity index (χ4n) is 2.23. The fourth-order valence-corrected chi connectivity index (χ4v) is 2.75. The summed E-state index contributed by atoms with van der Waals surface area (Å²) in [6.45, 7) is 0.594. The minimum atomic E-state index is -0.241. The summed E-state index contributed by atoms with van der Waals surface area (Å²) in [6, 6.07) is 8.85. The van der Waals surface area contributed by atoms with Crippen molar-refractivity contribution in [3.63, 3.8) is 0 Å². The highest BCUT2D eigenvalue weighted by molar-refractivity contribution is 9.10. The molecule has 106 valence electrons. The van der Waals surface area contributed by atoms with Gasteiger partial charge in [0.05, 0.1) is 0 Å². The van der Waals surface area contributed by atoms with Crippen molar-refractivity contribution in [1.82, 2.24) is 14.5 Å². The Kier molecular flexibility index (Phi) is 4.10. The lowest BCUT2D eigenvalue weighted by Crippen LogP contribution is -2.05. The van der Waals surface area contributed by atoms with Crippen LogP contribution in [0.1, 0.15) is 17.0 Å². The normalized spacial score (nSPS) is 10.8. The number of pyridine rings is 1. The molecule has 2 heterocycles. The third-order valence-electron chi connectivity index (χ3n) is 3.19. The molecule has 0 bridgehead atoms. The number of nitrogens with zero attached hydrogens (tertiary/aromatic N) is 3. The summed E-state index contributed by atoms with van der Waals surface area (Å²) < 4.78 is 16.2. The van der Waals surface area contributed by atoms with Crippen molar-refractivity contribution in [3.8, 4) is 0 Å².